The maximum atomic E-state index is 11.5. The summed E-state index contributed by atoms with van der Waals surface area (Å²) in [6.07, 6.45) is 5.46. The molecule has 88 valence electrons. The number of amides is 1. The van der Waals surface area contributed by atoms with Crippen molar-refractivity contribution < 1.29 is 4.79 Å². The molecule has 0 aliphatic carbocycles. The minimum atomic E-state index is -0.0700. The minimum Gasteiger partial charge on any atom is -0.352 e. The number of nitrogens with zero attached hydrogens (tertiary/aromatic N) is 2. The van der Waals surface area contributed by atoms with Crippen LogP contribution in [0.15, 0.2) is 37.2 Å². The summed E-state index contributed by atoms with van der Waals surface area (Å²) in [4.78, 5) is 15.8. The molecule has 1 amide bonds. The second kappa shape index (κ2) is 5.01. The van der Waals surface area contributed by atoms with Crippen LogP contribution < -0.4 is 5.32 Å². The number of halogens is 1. The number of aromatic nitrogens is 2. The van der Waals surface area contributed by atoms with Crippen LogP contribution in [0.2, 0.25) is 5.02 Å². The molecule has 0 spiro atoms. The molecular formula is C12H12ClN3O. The molecule has 5 heteroatoms. The maximum absolute atomic E-state index is 11.5. The van der Waals surface area contributed by atoms with Gasteiger partial charge in [0, 0.05) is 18.9 Å². The number of hydrogen-bond acceptors (Lipinski definition) is 2. The zero-order chi connectivity index (χ0) is 12.3. The topological polar surface area (TPSA) is 46.4 Å². The zero-order valence-electron chi connectivity index (χ0n) is 9.19. The third-order valence-electron chi connectivity index (χ3n) is 2.25. The van der Waals surface area contributed by atoms with Gasteiger partial charge in [-0.3, -0.25) is 4.79 Å². The summed E-state index contributed by atoms with van der Waals surface area (Å²) in [5, 5.41) is 3.34. The molecule has 0 radical (unpaired) electrons. The van der Waals surface area contributed by atoms with Crippen molar-refractivity contribution >= 4 is 23.2 Å². The Hall–Kier alpha value is -1.81. The lowest BCUT2D eigenvalue weighted by Crippen LogP contribution is -2.25. The summed E-state index contributed by atoms with van der Waals surface area (Å²) in [6, 6.07) is 3.58. The summed E-state index contributed by atoms with van der Waals surface area (Å²) in [5.41, 5.74) is 1.50. The quantitative estimate of drug-likeness (QED) is 0.841. The lowest BCUT2D eigenvalue weighted by Gasteiger charge is -1.98. The van der Waals surface area contributed by atoms with Crippen molar-refractivity contribution in [3.05, 3.63) is 47.9 Å². The number of nitrogens with one attached hydrogen (secondary N) is 1. The first-order valence-corrected chi connectivity index (χ1v) is 5.57. The van der Waals surface area contributed by atoms with Crippen LogP contribution in [0.1, 0.15) is 5.69 Å². The highest BCUT2D eigenvalue weighted by molar-refractivity contribution is 6.30. The van der Waals surface area contributed by atoms with Crippen molar-refractivity contribution in [3.8, 4) is 0 Å². The number of carbonyl (C=O) groups excluding carboxylic acids is 1. The number of hydrogen-bond donors (Lipinski definition) is 1. The van der Waals surface area contributed by atoms with Gasteiger partial charge in [-0.15, -0.1) is 6.58 Å². The molecule has 0 atom stereocenters. The third-order valence-corrected chi connectivity index (χ3v) is 2.47. The third kappa shape index (κ3) is 2.85. The summed E-state index contributed by atoms with van der Waals surface area (Å²) in [6.45, 7) is 4.01. The molecular weight excluding hydrogens is 238 g/mol. The van der Waals surface area contributed by atoms with Gasteiger partial charge in [0.1, 0.15) is 5.65 Å². The van der Waals surface area contributed by atoms with Gasteiger partial charge in [0.2, 0.25) is 5.91 Å². The van der Waals surface area contributed by atoms with Crippen LogP contribution in [-0.4, -0.2) is 21.8 Å². The molecule has 2 aromatic heterocycles. The van der Waals surface area contributed by atoms with E-state index < -0.39 is 0 Å². The molecule has 0 aromatic carbocycles. The Balaban J connectivity index is 2.14. The normalized spacial score (nSPS) is 10.4. The van der Waals surface area contributed by atoms with Gasteiger partial charge in [-0.25, -0.2) is 4.98 Å². The molecule has 0 aliphatic rings. The summed E-state index contributed by atoms with van der Waals surface area (Å²) in [7, 11) is 0. The van der Waals surface area contributed by atoms with E-state index >= 15 is 0 Å². The molecule has 4 nitrogen and oxygen atoms in total. The van der Waals surface area contributed by atoms with Gasteiger partial charge in [-0.05, 0) is 12.1 Å². The summed E-state index contributed by atoms with van der Waals surface area (Å²) in [5.74, 6) is -0.0700. The smallest absolute Gasteiger partial charge is 0.226 e. The van der Waals surface area contributed by atoms with Crippen LogP contribution in [0.4, 0.5) is 0 Å². The van der Waals surface area contributed by atoms with Crippen molar-refractivity contribution in [2.45, 2.75) is 6.42 Å². The summed E-state index contributed by atoms with van der Waals surface area (Å²) < 4.78 is 1.80. The van der Waals surface area contributed by atoms with E-state index in [0.29, 0.717) is 17.3 Å². The lowest BCUT2D eigenvalue weighted by atomic mass is 10.3. The lowest BCUT2D eigenvalue weighted by molar-refractivity contribution is -0.120. The van der Waals surface area contributed by atoms with E-state index in [1.165, 1.54) is 0 Å². The number of pyridine rings is 1. The molecule has 2 rings (SSSR count). The van der Waals surface area contributed by atoms with E-state index in [0.717, 1.165) is 5.65 Å². The number of fused-ring (bicyclic) bond motifs is 1. The predicted octanol–water partition coefficient (Wildman–Crippen LogP) is 1.83. The van der Waals surface area contributed by atoms with E-state index in [1.807, 2.05) is 6.07 Å². The Morgan fingerprint density at radius 3 is 3.12 bits per heavy atom. The van der Waals surface area contributed by atoms with Crippen LogP contribution in [0, 0.1) is 0 Å². The number of rotatable bonds is 4. The van der Waals surface area contributed by atoms with Crippen LogP contribution in [-0.2, 0) is 11.2 Å². The molecule has 2 aromatic rings. The summed E-state index contributed by atoms with van der Waals surface area (Å²) >= 11 is 5.86. The van der Waals surface area contributed by atoms with Crippen LogP contribution in [0.5, 0.6) is 0 Å². The van der Waals surface area contributed by atoms with Gasteiger partial charge < -0.3 is 9.72 Å². The molecule has 0 saturated heterocycles. The molecule has 0 fully saturated rings. The first-order valence-electron chi connectivity index (χ1n) is 5.20. The molecule has 0 aliphatic heterocycles. The van der Waals surface area contributed by atoms with Gasteiger partial charge in [0.25, 0.3) is 0 Å². The largest absolute Gasteiger partial charge is 0.352 e. The van der Waals surface area contributed by atoms with Crippen molar-refractivity contribution in [2.24, 2.45) is 0 Å². The molecule has 17 heavy (non-hydrogen) atoms. The highest BCUT2D eigenvalue weighted by atomic mass is 35.5. The first kappa shape index (κ1) is 11.7. The zero-order valence-corrected chi connectivity index (χ0v) is 9.94. The standard InChI is InChI=1S/C12H12ClN3O/c1-2-5-14-12(17)6-10-8-16-7-9(13)3-4-11(16)15-10/h2-4,7-8H,1,5-6H2,(H,14,17). The fourth-order valence-electron chi connectivity index (χ4n) is 1.52. The van der Waals surface area contributed by atoms with E-state index in [4.69, 9.17) is 11.6 Å². The van der Waals surface area contributed by atoms with E-state index in [2.05, 4.69) is 16.9 Å². The van der Waals surface area contributed by atoms with Crippen molar-refractivity contribution in [2.75, 3.05) is 6.54 Å². The van der Waals surface area contributed by atoms with E-state index in [9.17, 15) is 4.79 Å². The van der Waals surface area contributed by atoms with Gasteiger partial charge >= 0.3 is 0 Å². The second-order valence-corrected chi connectivity index (χ2v) is 4.05. The Morgan fingerprint density at radius 2 is 2.35 bits per heavy atom. The average molecular weight is 250 g/mol. The monoisotopic (exact) mass is 249 g/mol. The molecule has 1 N–H and O–H groups in total. The highest BCUT2D eigenvalue weighted by Gasteiger charge is 2.06. The number of imidazole rings is 1. The highest BCUT2D eigenvalue weighted by Crippen LogP contribution is 2.11. The fourth-order valence-corrected chi connectivity index (χ4v) is 1.68. The Bertz CT molecular complexity index is 562. The molecule has 0 bridgehead atoms. The Labute approximate surface area is 104 Å². The SMILES string of the molecule is C=CCNC(=O)Cc1cn2cc(Cl)ccc2n1. The van der Waals surface area contributed by atoms with E-state index in [-0.39, 0.29) is 12.3 Å². The van der Waals surface area contributed by atoms with Gasteiger partial charge in [0.15, 0.2) is 0 Å². The van der Waals surface area contributed by atoms with E-state index in [1.54, 1.807) is 28.9 Å². The van der Waals surface area contributed by atoms with Crippen LogP contribution in [0.3, 0.4) is 0 Å². The Morgan fingerprint density at radius 1 is 1.53 bits per heavy atom. The minimum absolute atomic E-state index is 0.0700. The Kier molecular flexibility index (Phi) is 3.44. The number of carbonyl (C=O) groups is 1. The van der Waals surface area contributed by atoms with Crippen molar-refractivity contribution in [3.63, 3.8) is 0 Å². The van der Waals surface area contributed by atoms with Crippen molar-refractivity contribution in [1.82, 2.24) is 14.7 Å². The van der Waals surface area contributed by atoms with Crippen molar-refractivity contribution in [1.29, 1.82) is 0 Å². The van der Waals surface area contributed by atoms with Gasteiger partial charge in [-0.2, -0.15) is 0 Å². The second-order valence-electron chi connectivity index (χ2n) is 3.61. The average Bonchev–Trinajstić information content (AvgIpc) is 2.67. The molecule has 0 unspecified atom stereocenters. The maximum Gasteiger partial charge on any atom is 0.226 e. The molecule has 2 heterocycles. The van der Waals surface area contributed by atoms with Gasteiger partial charge in [-0.1, -0.05) is 17.7 Å². The molecule has 0 saturated carbocycles. The first-order chi connectivity index (χ1) is 8.19. The van der Waals surface area contributed by atoms with Gasteiger partial charge in [0.05, 0.1) is 17.1 Å². The predicted molar refractivity (Wildman–Crippen MR) is 67.1 cm³/mol. The van der Waals surface area contributed by atoms with Crippen LogP contribution >= 0.6 is 11.6 Å². The fraction of sp³-hybridized carbons (Fsp3) is 0.167. The van der Waals surface area contributed by atoms with Crippen LogP contribution in [0.25, 0.3) is 5.65 Å².